The van der Waals surface area contributed by atoms with E-state index in [0.717, 1.165) is 12.0 Å². The van der Waals surface area contributed by atoms with E-state index in [0.29, 0.717) is 0 Å². The van der Waals surface area contributed by atoms with Crippen LogP contribution in [0.3, 0.4) is 0 Å². The van der Waals surface area contributed by atoms with E-state index >= 15 is 0 Å². The van der Waals surface area contributed by atoms with Gasteiger partial charge >= 0.3 is 0 Å². The van der Waals surface area contributed by atoms with Gasteiger partial charge in [0.15, 0.2) is 0 Å². The van der Waals surface area contributed by atoms with Crippen LogP contribution in [0, 0.1) is 0 Å². The maximum atomic E-state index is 9.05. The summed E-state index contributed by atoms with van der Waals surface area (Å²) in [6.07, 6.45) is 5.41. The van der Waals surface area contributed by atoms with Gasteiger partial charge in [0.2, 0.25) is 0 Å². The Morgan fingerprint density at radius 2 is 2.20 bits per heavy atom. The van der Waals surface area contributed by atoms with Crippen molar-refractivity contribution in [1.82, 2.24) is 0 Å². The van der Waals surface area contributed by atoms with E-state index in [1.807, 2.05) is 6.92 Å². The highest BCUT2D eigenvalue weighted by atomic mass is 16.3. The van der Waals surface area contributed by atoms with Crippen LogP contribution in [0.2, 0.25) is 0 Å². The summed E-state index contributed by atoms with van der Waals surface area (Å²) in [5.74, 6) is 0. The van der Waals surface area contributed by atoms with Gasteiger partial charge in [0.1, 0.15) is 0 Å². The number of rotatable bonds is 4. The maximum Gasteiger partial charge on any atom is 0.0719 e. The molecule has 0 aromatic rings. The van der Waals surface area contributed by atoms with Crippen molar-refractivity contribution in [1.29, 1.82) is 0 Å². The molecule has 1 unspecified atom stereocenters. The first-order valence-electron chi connectivity index (χ1n) is 4.03. The van der Waals surface area contributed by atoms with Gasteiger partial charge in [-0.2, -0.15) is 0 Å². The third kappa shape index (κ3) is 4.57. The molecule has 0 heterocycles. The van der Waals surface area contributed by atoms with Gasteiger partial charge in [-0.25, -0.2) is 0 Å². The van der Waals surface area contributed by atoms with Crippen LogP contribution in [0.5, 0.6) is 0 Å². The summed E-state index contributed by atoms with van der Waals surface area (Å²) in [6, 6.07) is 0. The zero-order chi connectivity index (χ0) is 7.98. The standard InChI is InChI=1S/C9H18O/c1-4-5-6-7-8(2)9(3)10/h7,9-10H,4-6H2,1-3H3/b8-7+. The number of allylic oxidation sites excluding steroid dienone is 1. The summed E-state index contributed by atoms with van der Waals surface area (Å²) in [5, 5.41) is 9.05. The van der Waals surface area contributed by atoms with Crippen molar-refractivity contribution in [2.45, 2.75) is 46.1 Å². The van der Waals surface area contributed by atoms with Gasteiger partial charge < -0.3 is 5.11 Å². The zero-order valence-corrected chi connectivity index (χ0v) is 7.22. The van der Waals surface area contributed by atoms with E-state index in [2.05, 4.69) is 13.0 Å². The third-order valence-corrected chi connectivity index (χ3v) is 1.68. The molecule has 0 aromatic heterocycles. The van der Waals surface area contributed by atoms with Crippen LogP contribution >= 0.6 is 0 Å². The molecule has 0 aliphatic carbocycles. The molecule has 0 saturated carbocycles. The molecule has 0 aromatic carbocycles. The minimum atomic E-state index is -0.267. The molecule has 0 rings (SSSR count). The van der Waals surface area contributed by atoms with Crippen LogP contribution in [0.1, 0.15) is 40.0 Å². The lowest BCUT2D eigenvalue weighted by atomic mass is 10.1. The van der Waals surface area contributed by atoms with Crippen LogP contribution in [0.15, 0.2) is 11.6 Å². The quantitative estimate of drug-likeness (QED) is 0.472. The van der Waals surface area contributed by atoms with Crippen molar-refractivity contribution >= 4 is 0 Å². The van der Waals surface area contributed by atoms with Crippen molar-refractivity contribution in [3.63, 3.8) is 0 Å². The first kappa shape index (κ1) is 9.70. The van der Waals surface area contributed by atoms with E-state index in [4.69, 9.17) is 5.11 Å². The molecule has 0 saturated heterocycles. The first-order valence-corrected chi connectivity index (χ1v) is 4.03. The predicted molar refractivity (Wildman–Crippen MR) is 45.0 cm³/mol. The Morgan fingerprint density at radius 3 is 2.60 bits per heavy atom. The molecular weight excluding hydrogens is 124 g/mol. The summed E-state index contributed by atoms with van der Waals surface area (Å²) in [4.78, 5) is 0. The minimum absolute atomic E-state index is 0.267. The van der Waals surface area contributed by atoms with E-state index < -0.39 is 0 Å². The highest BCUT2D eigenvalue weighted by Gasteiger charge is 1.95. The number of aliphatic hydroxyl groups excluding tert-OH is 1. The summed E-state index contributed by atoms with van der Waals surface area (Å²) >= 11 is 0. The average Bonchev–Trinajstić information content (AvgIpc) is 1.88. The zero-order valence-electron chi connectivity index (χ0n) is 7.22. The lowest BCUT2D eigenvalue weighted by molar-refractivity contribution is 0.231. The van der Waals surface area contributed by atoms with Crippen molar-refractivity contribution in [3.8, 4) is 0 Å². The predicted octanol–water partition coefficient (Wildman–Crippen LogP) is 2.50. The molecule has 60 valence electrons. The summed E-state index contributed by atoms with van der Waals surface area (Å²) < 4.78 is 0. The highest BCUT2D eigenvalue weighted by molar-refractivity contribution is 5.02. The third-order valence-electron chi connectivity index (χ3n) is 1.68. The van der Waals surface area contributed by atoms with Gasteiger partial charge in [-0.3, -0.25) is 0 Å². The fraction of sp³-hybridized carbons (Fsp3) is 0.778. The Bertz CT molecular complexity index is 103. The summed E-state index contributed by atoms with van der Waals surface area (Å²) in [5.41, 5.74) is 1.09. The first-order chi connectivity index (χ1) is 4.68. The molecule has 1 atom stereocenters. The van der Waals surface area contributed by atoms with Crippen molar-refractivity contribution in [2.24, 2.45) is 0 Å². The molecule has 1 nitrogen and oxygen atoms in total. The van der Waals surface area contributed by atoms with Crippen molar-refractivity contribution in [2.75, 3.05) is 0 Å². The van der Waals surface area contributed by atoms with Gasteiger partial charge in [-0.15, -0.1) is 0 Å². The van der Waals surface area contributed by atoms with Gasteiger partial charge in [-0.05, 0) is 25.8 Å². The fourth-order valence-corrected chi connectivity index (χ4v) is 0.704. The van der Waals surface area contributed by atoms with Crippen molar-refractivity contribution in [3.05, 3.63) is 11.6 Å². The van der Waals surface area contributed by atoms with Crippen LogP contribution in [0.4, 0.5) is 0 Å². The molecule has 0 fully saturated rings. The lowest BCUT2D eigenvalue weighted by Gasteiger charge is -2.02. The van der Waals surface area contributed by atoms with Crippen LogP contribution in [-0.4, -0.2) is 11.2 Å². The molecule has 0 amide bonds. The van der Waals surface area contributed by atoms with Gasteiger partial charge in [0.25, 0.3) is 0 Å². The highest BCUT2D eigenvalue weighted by Crippen LogP contribution is 2.04. The Hall–Kier alpha value is -0.300. The molecule has 0 bridgehead atoms. The second kappa shape index (κ2) is 5.48. The number of hydrogen-bond acceptors (Lipinski definition) is 1. The number of aliphatic hydroxyl groups is 1. The van der Waals surface area contributed by atoms with Gasteiger partial charge in [-0.1, -0.05) is 25.8 Å². The normalized spacial score (nSPS) is 15.4. The molecule has 0 aliphatic rings. The molecule has 1 N–H and O–H groups in total. The van der Waals surface area contributed by atoms with Crippen molar-refractivity contribution < 1.29 is 5.11 Å². The van der Waals surface area contributed by atoms with E-state index in [-0.39, 0.29) is 6.10 Å². The van der Waals surface area contributed by atoms with Gasteiger partial charge in [0.05, 0.1) is 6.10 Å². The molecule has 0 radical (unpaired) electrons. The molecule has 0 spiro atoms. The van der Waals surface area contributed by atoms with Gasteiger partial charge in [0, 0.05) is 0 Å². The Morgan fingerprint density at radius 1 is 1.60 bits per heavy atom. The number of unbranched alkanes of at least 4 members (excludes halogenated alkanes) is 2. The monoisotopic (exact) mass is 142 g/mol. The van der Waals surface area contributed by atoms with E-state index in [9.17, 15) is 0 Å². The summed E-state index contributed by atoms with van der Waals surface area (Å²) in [7, 11) is 0. The largest absolute Gasteiger partial charge is 0.389 e. The Labute approximate surface area is 63.8 Å². The second-order valence-corrected chi connectivity index (χ2v) is 2.77. The Kier molecular flexibility index (Phi) is 5.32. The number of hydrogen-bond donors (Lipinski definition) is 1. The topological polar surface area (TPSA) is 20.2 Å². The molecule has 1 heteroatoms. The van der Waals surface area contributed by atoms with E-state index in [1.165, 1.54) is 12.8 Å². The van der Waals surface area contributed by atoms with Crippen LogP contribution in [-0.2, 0) is 0 Å². The maximum absolute atomic E-state index is 9.05. The average molecular weight is 142 g/mol. The molecular formula is C9H18O. The SMILES string of the molecule is CCCC/C=C(\C)C(C)O. The molecule has 10 heavy (non-hydrogen) atoms. The Balaban J connectivity index is 3.48. The fourth-order valence-electron chi connectivity index (χ4n) is 0.704. The minimum Gasteiger partial charge on any atom is -0.389 e. The molecule has 0 aliphatic heterocycles. The second-order valence-electron chi connectivity index (χ2n) is 2.77. The van der Waals surface area contributed by atoms with Crippen LogP contribution in [0.25, 0.3) is 0 Å². The lowest BCUT2D eigenvalue weighted by Crippen LogP contribution is -2.00. The van der Waals surface area contributed by atoms with Crippen LogP contribution < -0.4 is 0 Å². The smallest absolute Gasteiger partial charge is 0.0719 e. The van der Waals surface area contributed by atoms with E-state index in [1.54, 1.807) is 6.92 Å². The summed E-state index contributed by atoms with van der Waals surface area (Å²) in [6.45, 7) is 5.95.